The summed E-state index contributed by atoms with van der Waals surface area (Å²) in [7, 11) is 0. The molecule has 1 aromatic carbocycles. The Balaban J connectivity index is 2.06. The third kappa shape index (κ3) is 3.42. The van der Waals surface area contributed by atoms with Gasteiger partial charge in [0.05, 0.1) is 11.7 Å². The van der Waals surface area contributed by atoms with E-state index >= 15 is 0 Å². The van der Waals surface area contributed by atoms with Gasteiger partial charge in [-0.15, -0.1) is 0 Å². The third-order valence-electron chi connectivity index (χ3n) is 4.49. The molecule has 0 amide bonds. The van der Waals surface area contributed by atoms with Crippen molar-refractivity contribution in [3.8, 4) is 0 Å². The van der Waals surface area contributed by atoms with Gasteiger partial charge >= 0.3 is 5.97 Å². The van der Waals surface area contributed by atoms with Crippen LogP contribution in [0.15, 0.2) is 48.7 Å². The van der Waals surface area contributed by atoms with Gasteiger partial charge in [0.25, 0.3) is 0 Å². The predicted octanol–water partition coefficient (Wildman–Crippen LogP) is 3.42. The standard InChI is InChI=1S/C19H22N2O2/c1-14-7-6-8-15(13-14)18(16-9-2-4-11-20-16)21-12-5-3-10-17(21)19(22)23/h2,4,6-9,11,13,17-18H,3,5,10,12H2,1H3,(H,22,23). The van der Waals surface area contributed by atoms with Gasteiger partial charge in [0.2, 0.25) is 0 Å². The van der Waals surface area contributed by atoms with Crippen LogP contribution in [0.2, 0.25) is 0 Å². The van der Waals surface area contributed by atoms with E-state index in [0.29, 0.717) is 6.42 Å². The summed E-state index contributed by atoms with van der Waals surface area (Å²) in [4.78, 5) is 18.4. The van der Waals surface area contributed by atoms with Crippen LogP contribution in [0.1, 0.15) is 42.1 Å². The van der Waals surface area contributed by atoms with Gasteiger partial charge in [-0.2, -0.15) is 0 Å². The van der Waals surface area contributed by atoms with Gasteiger partial charge in [-0.05, 0) is 44.0 Å². The molecule has 23 heavy (non-hydrogen) atoms. The second kappa shape index (κ2) is 6.92. The lowest BCUT2D eigenvalue weighted by Crippen LogP contribution is -2.47. The van der Waals surface area contributed by atoms with E-state index < -0.39 is 12.0 Å². The lowest BCUT2D eigenvalue weighted by atomic mass is 9.93. The minimum Gasteiger partial charge on any atom is -0.480 e. The SMILES string of the molecule is Cc1cccc(C(c2ccccn2)N2CCCCC2C(=O)O)c1. The lowest BCUT2D eigenvalue weighted by molar-refractivity contribution is -0.145. The number of piperidine rings is 1. The molecular weight excluding hydrogens is 288 g/mol. The van der Waals surface area contributed by atoms with Gasteiger partial charge in [0.1, 0.15) is 6.04 Å². The van der Waals surface area contributed by atoms with Crippen LogP contribution < -0.4 is 0 Å². The number of nitrogens with zero attached hydrogens (tertiary/aromatic N) is 2. The molecule has 1 fully saturated rings. The molecule has 2 unspecified atom stereocenters. The zero-order valence-corrected chi connectivity index (χ0v) is 13.4. The van der Waals surface area contributed by atoms with Crippen LogP contribution in [-0.4, -0.2) is 33.5 Å². The Morgan fingerprint density at radius 3 is 2.83 bits per heavy atom. The fourth-order valence-electron chi connectivity index (χ4n) is 3.44. The molecule has 1 N–H and O–H groups in total. The van der Waals surface area contributed by atoms with Crippen molar-refractivity contribution in [2.45, 2.75) is 38.3 Å². The largest absolute Gasteiger partial charge is 0.480 e. The summed E-state index contributed by atoms with van der Waals surface area (Å²) in [6.07, 6.45) is 4.47. The fourth-order valence-corrected chi connectivity index (χ4v) is 3.44. The zero-order chi connectivity index (χ0) is 16.2. The van der Waals surface area contributed by atoms with Gasteiger partial charge in [-0.25, -0.2) is 0 Å². The number of aliphatic carboxylic acids is 1. The van der Waals surface area contributed by atoms with Crippen molar-refractivity contribution < 1.29 is 9.90 Å². The Morgan fingerprint density at radius 1 is 1.26 bits per heavy atom. The predicted molar refractivity (Wildman–Crippen MR) is 89.2 cm³/mol. The number of pyridine rings is 1. The smallest absolute Gasteiger partial charge is 0.320 e. The normalized spacial score (nSPS) is 20.1. The van der Waals surface area contributed by atoms with E-state index in [1.807, 2.05) is 24.3 Å². The summed E-state index contributed by atoms with van der Waals surface area (Å²) >= 11 is 0. The molecule has 2 heterocycles. The molecule has 0 bridgehead atoms. The van der Waals surface area contributed by atoms with Crippen LogP contribution in [0.5, 0.6) is 0 Å². The molecule has 0 saturated carbocycles. The van der Waals surface area contributed by atoms with Crippen molar-refractivity contribution in [1.29, 1.82) is 0 Å². The third-order valence-corrected chi connectivity index (χ3v) is 4.49. The monoisotopic (exact) mass is 310 g/mol. The van der Waals surface area contributed by atoms with Crippen LogP contribution in [0.4, 0.5) is 0 Å². The second-order valence-corrected chi connectivity index (χ2v) is 6.16. The molecule has 0 spiro atoms. The first-order valence-electron chi connectivity index (χ1n) is 8.13. The van der Waals surface area contributed by atoms with Crippen LogP contribution in [0, 0.1) is 6.92 Å². The quantitative estimate of drug-likeness (QED) is 0.940. The summed E-state index contributed by atoms with van der Waals surface area (Å²) in [5, 5.41) is 9.64. The van der Waals surface area contributed by atoms with Gasteiger partial charge in [-0.3, -0.25) is 14.7 Å². The summed E-state index contributed by atoms with van der Waals surface area (Å²) in [6.45, 7) is 2.84. The van der Waals surface area contributed by atoms with Crippen molar-refractivity contribution in [3.05, 3.63) is 65.5 Å². The van der Waals surface area contributed by atoms with Crippen molar-refractivity contribution >= 4 is 5.97 Å². The highest BCUT2D eigenvalue weighted by atomic mass is 16.4. The topological polar surface area (TPSA) is 53.4 Å². The molecule has 0 aliphatic carbocycles. The number of hydrogen-bond acceptors (Lipinski definition) is 3. The maximum absolute atomic E-state index is 11.7. The molecule has 1 saturated heterocycles. The van der Waals surface area contributed by atoms with Crippen LogP contribution in [0.25, 0.3) is 0 Å². The Hall–Kier alpha value is -2.20. The van der Waals surface area contributed by atoms with Crippen LogP contribution >= 0.6 is 0 Å². The minimum atomic E-state index is -0.738. The number of carboxylic acids is 1. The Bertz CT molecular complexity index is 672. The number of likely N-dealkylation sites (tertiary alicyclic amines) is 1. The summed E-state index contributed by atoms with van der Waals surface area (Å²) in [5.41, 5.74) is 3.19. The average Bonchev–Trinajstić information content (AvgIpc) is 2.56. The van der Waals surface area contributed by atoms with Crippen LogP contribution in [0.3, 0.4) is 0 Å². The first kappa shape index (κ1) is 15.7. The highest BCUT2D eigenvalue weighted by Crippen LogP contribution is 2.33. The van der Waals surface area contributed by atoms with Crippen molar-refractivity contribution in [3.63, 3.8) is 0 Å². The molecule has 2 atom stereocenters. The Kier molecular flexibility index (Phi) is 4.72. The lowest BCUT2D eigenvalue weighted by Gasteiger charge is -2.39. The van der Waals surface area contributed by atoms with E-state index in [1.54, 1.807) is 6.20 Å². The van der Waals surface area contributed by atoms with E-state index in [9.17, 15) is 9.90 Å². The highest BCUT2D eigenvalue weighted by Gasteiger charge is 2.35. The molecule has 4 heteroatoms. The number of hydrogen-bond donors (Lipinski definition) is 1. The van der Waals surface area contributed by atoms with E-state index in [0.717, 1.165) is 30.6 Å². The minimum absolute atomic E-state index is 0.113. The number of benzene rings is 1. The molecule has 3 rings (SSSR count). The molecule has 4 nitrogen and oxygen atoms in total. The average molecular weight is 310 g/mol. The highest BCUT2D eigenvalue weighted by molar-refractivity contribution is 5.73. The van der Waals surface area contributed by atoms with Gasteiger partial charge in [0, 0.05) is 6.20 Å². The number of carboxylic acid groups (broad SMARTS) is 1. The number of aryl methyl sites for hydroxylation is 1. The van der Waals surface area contributed by atoms with E-state index in [1.165, 1.54) is 5.56 Å². The number of rotatable bonds is 4. The second-order valence-electron chi connectivity index (χ2n) is 6.16. The van der Waals surface area contributed by atoms with E-state index in [2.05, 4.69) is 35.0 Å². The molecule has 0 radical (unpaired) electrons. The Labute approximate surface area is 136 Å². The van der Waals surface area contributed by atoms with Crippen LogP contribution in [-0.2, 0) is 4.79 Å². The molecule has 120 valence electrons. The first-order chi connectivity index (χ1) is 11.2. The molecule has 1 aromatic heterocycles. The summed E-state index contributed by atoms with van der Waals surface area (Å²) in [6, 6.07) is 13.6. The Morgan fingerprint density at radius 2 is 2.13 bits per heavy atom. The van der Waals surface area contributed by atoms with Gasteiger partial charge in [-0.1, -0.05) is 42.3 Å². The van der Waals surface area contributed by atoms with Gasteiger partial charge in [0.15, 0.2) is 0 Å². The van der Waals surface area contributed by atoms with Crippen molar-refractivity contribution in [1.82, 2.24) is 9.88 Å². The molecular formula is C19H22N2O2. The van der Waals surface area contributed by atoms with E-state index in [4.69, 9.17) is 0 Å². The molecule has 1 aliphatic rings. The first-order valence-corrected chi connectivity index (χ1v) is 8.13. The molecule has 1 aliphatic heterocycles. The number of aromatic nitrogens is 1. The van der Waals surface area contributed by atoms with Crippen molar-refractivity contribution in [2.24, 2.45) is 0 Å². The zero-order valence-electron chi connectivity index (χ0n) is 13.4. The summed E-state index contributed by atoms with van der Waals surface area (Å²) in [5.74, 6) is -0.738. The maximum atomic E-state index is 11.7. The number of carbonyl (C=O) groups is 1. The fraction of sp³-hybridized carbons (Fsp3) is 0.368. The molecule has 2 aromatic rings. The van der Waals surface area contributed by atoms with Gasteiger partial charge < -0.3 is 5.11 Å². The van der Waals surface area contributed by atoms with Crippen molar-refractivity contribution in [2.75, 3.05) is 6.54 Å². The maximum Gasteiger partial charge on any atom is 0.320 e. The summed E-state index contributed by atoms with van der Waals surface area (Å²) < 4.78 is 0. The van der Waals surface area contributed by atoms with E-state index in [-0.39, 0.29) is 6.04 Å².